The third-order valence-electron chi connectivity index (χ3n) is 5.19. The summed E-state index contributed by atoms with van der Waals surface area (Å²) in [6.45, 7) is 7.43. The highest BCUT2D eigenvalue weighted by Crippen LogP contribution is 2.08. The molecule has 3 amide bonds. The first-order valence-corrected chi connectivity index (χ1v) is 12.1. The Bertz CT molecular complexity index is 571. The van der Waals surface area contributed by atoms with Crippen molar-refractivity contribution in [2.75, 3.05) is 52.5 Å². The zero-order chi connectivity index (χ0) is 23.4. The molecule has 1 aliphatic heterocycles. The van der Waals surface area contributed by atoms with Gasteiger partial charge in [0, 0.05) is 70.9 Å². The number of amides is 3. The van der Waals surface area contributed by atoms with E-state index in [-0.39, 0.29) is 23.8 Å². The van der Waals surface area contributed by atoms with Gasteiger partial charge in [0.15, 0.2) is 0 Å². The molecule has 0 bridgehead atoms. The number of nitrogens with one attached hydrogen (secondary N) is 3. The minimum absolute atomic E-state index is 0.0130. The summed E-state index contributed by atoms with van der Waals surface area (Å²) in [6.07, 6.45) is 9.34. The first-order valence-electron chi connectivity index (χ1n) is 12.1. The van der Waals surface area contributed by atoms with Crippen LogP contribution < -0.4 is 21.7 Å². The first kappa shape index (κ1) is 28.1. The van der Waals surface area contributed by atoms with Crippen LogP contribution in [0.4, 0.5) is 0 Å². The van der Waals surface area contributed by atoms with Crippen molar-refractivity contribution in [3.05, 3.63) is 12.2 Å². The van der Waals surface area contributed by atoms with Gasteiger partial charge in [-0.1, -0.05) is 6.08 Å². The highest BCUT2D eigenvalue weighted by atomic mass is 16.5. The van der Waals surface area contributed by atoms with Gasteiger partial charge in [0.1, 0.15) is 0 Å². The average Bonchev–Trinajstić information content (AvgIpc) is 2.77. The van der Waals surface area contributed by atoms with Gasteiger partial charge in [-0.15, -0.1) is 0 Å². The van der Waals surface area contributed by atoms with E-state index in [9.17, 15) is 14.4 Å². The molecule has 1 fully saturated rings. The van der Waals surface area contributed by atoms with Gasteiger partial charge in [-0.3, -0.25) is 14.4 Å². The molecule has 0 aromatic heterocycles. The Kier molecular flexibility index (Phi) is 16.3. The fourth-order valence-corrected chi connectivity index (χ4v) is 3.40. The number of piperidine rings is 1. The van der Waals surface area contributed by atoms with Gasteiger partial charge in [-0.25, -0.2) is 0 Å². The van der Waals surface area contributed by atoms with Crippen LogP contribution in [-0.4, -0.2) is 81.1 Å². The Hall–Kier alpha value is -1.97. The molecule has 0 spiro atoms. The van der Waals surface area contributed by atoms with Gasteiger partial charge in [0.2, 0.25) is 17.7 Å². The van der Waals surface area contributed by atoms with Crippen LogP contribution in [0.25, 0.3) is 0 Å². The molecule has 1 heterocycles. The molecule has 9 nitrogen and oxygen atoms in total. The van der Waals surface area contributed by atoms with E-state index in [0.29, 0.717) is 58.7 Å². The van der Waals surface area contributed by atoms with Crippen molar-refractivity contribution in [3.63, 3.8) is 0 Å². The van der Waals surface area contributed by atoms with Crippen molar-refractivity contribution in [1.82, 2.24) is 20.9 Å². The Labute approximate surface area is 192 Å². The molecule has 1 rings (SSSR count). The quantitative estimate of drug-likeness (QED) is 0.190. The lowest BCUT2D eigenvalue weighted by atomic mass is 10.1. The lowest BCUT2D eigenvalue weighted by molar-refractivity contribution is -0.127. The van der Waals surface area contributed by atoms with E-state index >= 15 is 0 Å². The van der Waals surface area contributed by atoms with Crippen molar-refractivity contribution >= 4 is 17.7 Å². The summed E-state index contributed by atoms with van der Waals surface area (Å²) >= 11 is 0. The summed E-state index contributed by atoms with van der Waals surface area (Å²) in [4.78, 5) is 37.4. The maximum atomic E-state index is 12.1. The summed E-state index contributed by atoms with van der Waals surface area (Å²) in [5.74, 6) is 0.000301. The summed E-state index contributed by atoms with van der Waals surface area (Å²) in [5, 5.41) is 8.99. The highest BCUT2D eigenvalue weighted by Gasteiger charge is 2.19. The second kappa shape index (κ2) is 18.6. The normalized spacial score (nSPS) is 16.3. The van der Waals surface area contributed by atoms with Gasteiger partial charge in [0.25, 0.3) is 0 Å². The molecule has 0 saturated carbocycles. The van der Waals surface area contributed by atoms with Crippen molar-refractivity contribution in [1.29, 1.82) is 0 Å². The number of ether oxygens (including phenoxy) is 1. The number of rotatable bonds is 17. The number of carbonyl (C=O) groups is 3. The number of unbranched alkanes of at least 4 members (excludes halogenated alkanes) is 1. The molecule has 0 radical (unpaired) electrons. The summed E-state index contributed by atoms with van der Waals surface area (Å²) in [5.41, 5.74) is 5.90. The van der Waals surface area contributed by atoms with Gasteiger partial charge in [0.05, 0.1) is 0 Å². The molecule has 184 valence electrons. The number of nitrogens with two attached hydrogens (primary N) is 1. The third kappa shape index (κ3) is 14.9. The number of nitrogens with zero attached hydrogens (tertiary/aromatic N) is 1. The van der Waals surface area contributed by atoms with Crippen LogP contribution in [0, 0.1) is 0 Å². The Balaban J connectivity index is 1.90. The largest absolute Gasteiger partial charge is 0.382 e. The van der Waals surface area contributed by atoms with Crippen LogP contribution in [0.1, 0.15) is 58.3 Å². The minimum atomic E-state index is -0.0179. The Morgan fingerprint density at radius 2 is 1.72 bits per heavy atom. The van der Waals surface area contributed by atoms with Gasteiger partial charge < -0.3 is 31.3 Å². The molecule has 9 heteroatoms. The topological polar surface area (TPSA) is 126 Å². The SMILES string of the molecule is CCOCCCNC(=O)CCCC(=O)NCCCCNC/C=C/C(=O)N1CCC[C@@H](N)C1. The minimum Gasteiger partial charge on any atom is -0.382 e. The number of hydrogen-bond donors (Lipinski definition) is 4. The van der Waals surface area contributed by atoms with Crippen LogP contribution in [0.3, 0.4) is 0 Å². The van der Waals surface area contributed by atoms with Gasteiger partial charge >= 0.3 is 0 Å². The summed E-state index contributed by atoms with van der Waals surface area (Å²) < 4.78 is 5.21. The Morgan fingerprint density at radius 3 is 2.41 bits per heavy atom. The van der Waals surface area contributed by atoms with Crippen molar-refractivity contribution in [3.8, 4) is 0 Å². The molecule has 1 atom stereocenters. The molecule has 1 aliphatic rings. The van der Waals surface area contributed by atoms with E-state index in [1.807, 2.05) is 17.9 Å². The molecule has 0 aliphatic carbocycles. The zero-order valence-electron chi connectivity index (χ0n) is 19.7. The molecule has 0 unspecified atom stereocenters. The zero-order valence-corrected chi connectivity index (χ0v) is 19.7. The number of likely N-dealkylation sites (tertiary alicyclic amines) is 1. The third-order valence-corrected chi connectivity index (χ3v) is 5.19. The van der Waals surface area contributed by atoms with Crippen LogP contribution in [0.15, 0.2) is 12.2 Å². The number of carbonyl (C=O) groups excluding carboxylic acids is 3. The lowest BCUT2D eigenvalue weighted by Gasteiger charge is -2.29. The smallest absolute Gasteiger partial charge is 0.246 e. The molecule has 0 aromatic carbocycles. The maximum absolute atomic E-state index is 12.1. The summed E-state index contributed by atoms with van der Waals surface area (Å²) in [6, 6.07) is 0.0974. The van der Waals surface area contributed by atoms with E-state index < -0.39 is 0 Å². The average molecular weight is 454 g/mol. The van der Waals surface area contributed by atoms with Gasteiger partial charge in [-0.2, -0.15) is 0 Å². The molecular weight excluding hydrogens is 410 g/mol. The second-order valence-corrected chi connectivity index (χ2v) is 8.10. The molecular formula is C23H43N5O4. The van der Waals surface area contributed by atoms with Crippen molar-refractivity contribution in [2.45, 2.75) is 64.3 Å². The van der Waals surface area contributed by atoms with Crippen LogP contribution in [0.2, 0.25) is 0 Å². The lowest BCUT2D eigenvalue weighted by Crippen LogP contribution is -2.45. The van der Waals surface area contributed by atoms with E-state index in [1.165, 1.54) is 0 Å². The van der Waals surface area contributed by atoms with Crippen LogP contribution >= 0.6 is 0 Å². The fraction of sp³-hybridized carbons (Fsp3) is 0.783. The van der Waals surface area contributed by atoms with E-state index in [2.05, 4.69) is 16.0 Å². The highest BCUT2D eigenvalue weighted by molar-refractivity contribution is 5.87. The van der Waals surface area contributed by atoms with Crippen LogP contribution in [-0.2, 0) is 19.1 Å². The maximum Gasteiger partial charge on any atom is 0.246 e. The van der Waals surface area contributed by atoms with Gasteiger partial charge in [-0.05, 0) is 52.0 Å². The predicted molar refractivity (Wildman–Crippen MR) is 126 cm³/mol. The van der Waals surface area contributed by atoms with E-state index in [0.717, 1.165) is 45.2 Å². The monoisotopic (exact) mass is 453 g/mol. The molecule has 0 aromatic rings. The van der Waals surface area contributed by atoms with Crippen molar-refractivity contribution in [2.24, 2.45) is 5.73 Å². The van der Waals surface area contributed by atoms with E-state index in [4.69, 9.17) is 10.5 Å². The fourth-order valence-electron chi connectivity index (χ4n) is 3.40. The predicted octanol–water partition coefficient (Wildman–Crippen LogP) is 0.691. The van der Waals surface area contributed by atoms with Crippen LogP contribution in [0.5, 0.6) is 0 Å². The molecule has 1 saturated heterocycles. The van der Waals surface area contributed by atoms with E-state index in [1.54, 1.807) is 6.08 Å². The first-order chi connectivity index (χ1) is 15.5. The number of hydrogen-bond acceptors (Lipinski definition) is 6. The standard InChI is InChI=1S/C23H43N5O4/c1-2-32-18-8-16-27-22(30)11-5-10-21(29)26-15-4-3-13-25-14-6-12-23(31)28-17-7-9-20(24)19-28/h6,12,20,25H,2-5,7-11,13-19,24H2,1H3,(H,26,29)(H,27,30)/b12-6+/t20-/m1/s1. The molecule has 32 heavy (non-hydrogen) atoms. The second-order valence-electron chi connectivity index (χ2n) is 8.10. The van der Waals surface area contributed by atoms with Crippen molar-refractivity contribution < 1.29 is 19.1 Å². The molecule has 5 N–H and O–H groups in total. The Morgan fingerprint density at radius 1 is 1.03 bits per heavy atom. The summed E-state index contributed by atoms with van der Waals surface area (Å²) in [7, 11) is 0.